The van der Waals surface area contributed by atoms with Gasteiger partial charge in [-0.15, -0.1) is 0 Å². The van der Waals surface area contributed by atoms with Crippen LogP contribution in [0.25, 0.3) is 0 Å². The Labute approximate surface area is 84.1 Å². The number of carbonyl (C=O) groups excluding carboxylic acids is 1. The number of cyclic esters (lactones) is 1. The molecule has 1 aliphatic rings. The van der Waals surface area contributed by atoms with Crippen molar-refractivity contribution in [3.05, 3.63) is 0 Å². The molecule has 82 valence electrons. The normalized spacial score (nSPS) is 21.4. The second kappa shape index (κ2) is 5.82. The molecule has 0 spiro atoms. The van der Waals surface area contributed by atoms with Gasteiger partial charge in [0.2, 0.25) is 0 Å². The molecule has 1 heterocycles. The molecule has 1 amide bonds. The molecule has 1 saturated heterocycles. The summed E-state index contributed by atoms with van der Waals surface area (Å²) < 4.78 is 10.2. The van der Waals surface area contributed by atoms with Crippen molar-refractivity contribution in [1.82, 2.24) is 4.90 Å². The Morgan fingerprint density at radius 2 is 2.50 bits per heavy atom. The molecule has 2 N–H and O–H groups in total. The zero-order chi connectivity index (χ0) is 10.4. The number of rotatable bonds is 6. The Hall–Kier alpha value is -0.810. The fourth-order valence-electron chi connectivity index (χ4n) is 1.38. The summed E-state index contributed by atoms with van der Waals surface area (Å²) in [4.78, 5) is 12.9. The minimum atomic E-state index is -0.253. The van der Waals surface area contributed by atoms with E-state index < -0.39 is 0 Å². The first-order valence-corrected chi connectivity index (χ1v) is 5.01. The van der Waals surface area contributed by atoms with E-state index in [0.717, 1.165) is 13.0 Å². The zero-order valence-corrected chi connectivity index (χ0v) is 8.57. The molecule has 0 bridgehead atoms. The Morgan fingerprint density at radius 1 is 1.71 bits per heavy atom. The predicted octanol–water partition coefficient (Wildman–Crippen LogP) is 0.193. The van der Waals surface area contributed by atoms with Crippen LogP contribution in [0.4, 0.5) is 4.79 Å². The minimum Gasteiger partial charge on any atom is -0.443 e. The maximum absolute atomic E-state index is 11.2. The second-order valence-corrected chi connectivity index (χ2v) is 3.24. The molecule has 1 aliphatic heterocycles. The van der Waals surface area contributed by atoms with Crippen LogP contribution in [0.5, 0.6) is 0 Å². The van der Waals surface area contributed by atoms with Crippen molar-refractivity contribution in [2.75, 3.05) is 32.8 Å². The second-order valence-electron chi connectivity index (χ2n) is 3.24. The van der Waals surface area contributed by atoms with E-state index in [9.17, 15) is 4.79 Å². The van der Waals surface area contributed by atoms with Gasteiger partial charge >= 0.3 is 6.09 Å². The number of nitrogens with two attached hydrogens (primary N) is 1. The Kier molecular flexibility index (Phi) is 4.69. The molecule has 0 aromatic carbocycles. The third-order valence-electron chi connectivity index (χ3n) is 2.13. The molecule has 1 atom stereocenters. The van der Waals surface area contributed by atoms with Gasteiger partial charge in [0.1, 0.15) is 6.10 Å². The van der Waals surface area contributed by atoms with Crippen LogP contribution < -0.4 is 5.73 Å². The Morgan fingerprint density at radius 3 is 3.07 bits per heavy atom. The summed E-state index contributed by atoms with van der Waals surface area (Å²) in [5.74, 6) is 0. The molecule has 0 saturated carbocycles. The first kappa shape index (κ1) is 11.3. The van der Waals surface area contributed by atoms with Crippen molar-refractivity contribution in [2.24, 2.45) is 5.73 Å². The van der Waals surface area contributed by atoms with Crippen molar-refractivity contribution in [3.8, 4) is 0 Å². The van der Waals surface area contributed by atoms with Crippen LogP contribution >= 0.6 is 0 Å². The molecule has 1 unspecified atom stereocenters. The molecule has 14 heavy (non-hydrogen) atoms. The highest BCUT2D eigenvalue weighted by Crippen LogP contribution is 2.10. The van der Waals surface area contributed by atoms with Gasteiger partial charge in [-0.05, 0) is 13.3 Å². The van der Waals surface area contributed by atoms with Crippen LogP contribution in [0.15, 0.2) is 0 Å². The van der Waals surface area contributed by atoms with Crippen molar-refractivity contribution >= 4 is 6.09 Å². The van der Waals surface area contributed by atoms with Crippen molar-refractivity contribution < 1.29 is 14.3 Å². The number of ether oxygens (including phenoxy) is 2. The van der Waals surface area contributed by atoms with Gasteiger partial charge in [-0.1, -0.05) is 0 Å². The van der Waals surface area contributed by atoms with Crippen molar-refractivity contribution in [3.63, 3.8) is 0 Å². The van der Waals surface area contributed by atoms with Gasteiger partial charge in [-0.3, -0.25) is 0 Å². The van der Waals surface area contributed by atoms with Gasteiger partial charge in [0, 0.05) is 26.3 Å². The Bertz CT molecular complexity index is 187. The smallest absolute Gasteiger partial charge is 0.410 e. The summed E-state index contributed by atoms with van der Waals surface area (Å²) in [5, 5.41) is 0. The van der Waals surface area contributed by atoms with Gasteiger partial charge in [-0.25, -0.2) is 4.79 Å². The number of nitrogens with zero attached hydrogens (tertiary/aromatic N) is 1. The van der Waals surface area contributed by atoms with E-state index in [-0.39, 0.29) is 12.2 Å². The zero-order valence-electron chi connectivity index (χ0n) is 8.57. The third kappa shape index (κ3) is 3.16. The number of amides is 1. The lowest BCUT2D eigenvalue weighted by molar-refractivity contribution is 0.126. The van der Waals surface area contributed by atoms with E-state index in [1.807, 2.05) is 6.92 Å². The summed E-state index contributed by atoms with van der Waals surface area (Å²) >= 11 is 0. The molecular formula is C9H18N2O3. The standard InChI is InChI=1S/C9H18N2O3/c1-2-13-5-3-4-11-7-8(6-10)14-9(11)12/h8H,2-7,10H2,1H3. The summed E-state index contributed by atoms with van der Waals surface area (Å²) in [6.45, 7) is 5.06. The minimum absolute atomic E-state index is 0.130. The highest BCUT2D eigenvalue weighted by atomic mass is 16.6. The average Bonchev–Trinajstić information content (AvgIpc) is 2.54. The molecule has 0 aliphatic carbocycles. The quantitative estimate of drug-likeness (QED) is 0.624. The van der Waals surface area contributed by atoms with Crippen LogP contribution in [0.1, 0.15) is 13.3 Å². The topological polar surface area (TPSA) is 64.8 Å². The van der Waals surface area contributed by atoms with Gasteiger partial charge in [0.15, 0.2) is 0 Å². The largest absolute Gasteiger partial charge is 0.443 e. The van der Waals surface area contributed by atoms with Crippen molar-refractivity contribution in [2.45, 2.75) is 19.4 Å². The fourth-order valence-corrected chi connectivity index (χ4v) is 1.38. The van der Waals surface area contributed by atoms with Gasteiger partial charge in [-0.2, -0.15) is 0 Å². The first-order chi connectivity index (χ1) is 6.77. The highest BCUT2D eigenvalue weighted by molar-refractivity contribution is 5.69. The SMILES string of the molecule is CCOCCCN1CC(CN)OC1=O. The average molecular weight is 202 g/mol. The summed E-state index contributed by atoms with van der Waals surface area (Å²) in [5.41, 5.74) is 5.41. The monoisotopic (exact) mass is 202 g/mol. The molecule has 0 radical (unpaired) electrons. The molecule has 0 aromatic heterocycles. The first-order valence-electron chi connectivity index (χ1n) is 5.01. The Balaban J connectivity index is 2.15. The third-order valence-corrected chi connectivity index (χ3v) is 2.13. The van der Waals surface area contributed by atoms with E-state index in [1.165, 1.54) is 0 Å². The summed E-state index contributed by atoms with van der Waals surface area (Å²) in [6.07, 6.45) is 0.465. The van der Waals surface area contributed by atoms with Crippen LogP contribution in [0.3, 0.4) is 0 Å². The van der Waals surface area contributed by atoms with E-state index >= 15 is 0 Å². The summed E-state index contributed by atoms with van der Waals surface area (Å²) in [6, 6.07) is 0. The molecule has 5 nitrogen and oxygen atoms in total. The van der Waals surface area contributed by atoms with Gasteiger partial charge in [0.25, 0.3) is 0 Å². The lowest BCUT2D eigenvalue weighted by Crippen LogP contribution is -2.29. The van der Waals surface area contributed by atoms with Crippen molar-refractivity contribution in [1.29, 1.82) is 0 Å². The molecule has 1 fully saturated rings. The number of hydrogen-bond acceptors (Lipinski definition) is 4. The maximum Gasteiger partial charge on any atom is 0.410 e. The van der Waals surface area contributed by atoms with Gasteiger partial charge < -0.3 is 20.1 Å². The van der Waals surface area contributed by atoms with Crippen LogP contribution in [-0.4, -0.2) is 49.9 Å². The highest BCUT2D eigenvalue weighted by Gasteiger charge is 2.29. The van der Waals surface area contributed by atoms with Crippen LogP contribution in [0.2, 0.25) is 0 Å². The predicted molar refractivity (Wildman–Crippen MR) is 52.0 cm³/mol. The molecular weight excluding hydrogens is 184 g/mol. The fraction of sp³-hybridized carbons (Fsp3) is 0.889. The number of hydrogen-bond donors (Lipinski definition) is 1. The van der Waals surface area contributed by atoms with E-state index in [1.54, 1.807) is 4.90 Å². The lowest BCUT2D eigenvalue weighted by atomic mass is 10.3. The van der Waals surface area contributed by atoms with Crippen LogP contribution in [-0.2, 0) is 9.47 Å². The van der Waals surface area contributed by atoms with Crippen LogP contribution in [0, 0.1) is 0 Å². The number of carbonyl (C=O) groups is 1. The maximum atomic E-state index is 11.2. The molecule has 1 rings (SSSR count). The molecule has 5 heteroatoms. The molecule has 0 aromatic rings. The van der Waals surface area contributed by atoms with E-state index in [2.05, 4.69) is 0 Å². The lowest BCUT2D eigenvalue weighted by Gasteiger charge is -2.11. The summed E-state index contributed by atoms with van der Waals surface area (Å²) in [7, 11) is 0. The van der Waals surface area contributed by atoms with E-state index in [0.29, 0.717) is 26.2 Å². The van der Waals surface area contributed by atoms with E-state index in [4.69, 9.17) is 15.2 Å². The van der Waals surface area contributed by atoms with Gasteiger partial charge in [0.05, 0.1) is 6.54 Å².